The number of carbonyl (C=O) groups excluding carboxylic acids is 2. The van der Waals surface area contributed by atoms with Crippen molar-refractivity contribution in [1.29, 1.82) is 0 Å². The average molecular weight is 522 g/mol. The molecule has 1 aliphatic carbocycles. The van der Waals surface area contributed by atoms with E-state index in [0.717, 1.165) is 25.7 Å². The summed E-state index contributed by atoms with van der Waals surface area (Å²) in [5.41, 5.74) is 0.332. The second kappa shape index (κ2) is 9.87. The zero-order chi connectivity index (χ0) is 25.4. The van der Waals surface area contributed by atoms with Crippen molar-refractivity contribution in [3.05, 3.63) is 51.0 Å². The normalized spacial score (nSPS) is 19.9. The first kappa shape index (κ1) is 25.0. The van der Waals surface area contributed by atoms with Gasteiger partial charge in [-0.05, 0) is 36.6 Å². The Hall–Kier alpha value is -3.10. The number of aliphatic hydroxyl groups excluding tert-OH is 1. The fraction of sp³-hybridized carbons (Fsp3) is 0.360. The maximum absolute atomic E-state index is 13.3. The topological polar surface area (TPSA) is 106 Å². The first-order valence-electron chi connectivity index (χ1n) is 11.0. The Morgan fingerprint density at radius 3 is 2.23 bits per heavy atom. The largest absolute Gasteiger partial charge is 0.507 e. The minimum absolute atomic E-state index is 0.00714. The van der Waals surface area contributed by atoms with Crippen LogP contribution < -0.4 is 14.2 Å². The summed E-state index contributed by atoms with van der Waals surface area (Å²) in [6.07, 6.45) is 3.31. The first-order chi connectivity index (χ1) is 16.7. The van der Waals surface area contributed by atoms with Gasteiger partial charge in [0.2, 0.25) is 0 Å². The molecular formula is C25H25Cl2NO7. The summed E-state index contributed by atoms with van der Waals surface area (Å²) in [5, 5.41) is 22.0. The monoisotopic (exact) mass is 521 g/mol. The van der Waals surface area contributed by atoms with Gasteiger partial charge in [0.15, 0.2) is 23.0 Å². The third kappa shape index (κ3) is 4.15. The van der Waals surface area contributed by atoms with E-state index in [4.69, 9.17) is 37.4 Å². The molecule has 0 spiro atoms. The van der Waals surface area contributed by atoms with E-state index in [1.54, 1.807) is 12.1 Å². The van der Waals surface area contributed by atoms with E-state index in [2.05, 4.69) is 0 Å². The van der Waals surface area contributed by atoms with Crippen LogP contribution in [0.2, 0.25) is 10.0 Å². The second-order valence-electron chi connectivity index (χ2n) is 8.36. The number of phenolic OH excluding ortho intramolecular Hbond substituents is 1. The third-order valence-electron chi connectivity index (χ3n) is 6.51. The maximum Gasteiger partial charge on any atom is 0.295 e. The molecule has 10 heteroatoms. The van der Waals surface area contributed by atoms with Gasteiger partial charge in [-0.3, -0.25) is 9.59 Å². The quantitative estimate of drug-likeness (QED) is 0.309. The van der Waals surface area contributed by atoms with Crippen molar-refractivity contribution in [1.82, 2.24) is 4.90 Å². The fourth-order valence-electron chi connectivity index (χ4n) is 4.91. The standard InChI is InChI=1S/C25H25Cl2NO7/c1-33-17-9-8-12(10-16(17)29)20-18(22(31)25(32)28(20)13-6-4-5-7-13)21(30)14-11-15(26)24(35-3)19(27)23(14)34-2/h8-11,13,20,29-30H,4-7H2,1-3H3/b21-18+. The Balaban J connectivity index is 1.97. The number of amides is 1. The van der Waals surface area contributed by atoms with Gasteiger partial charge >= 0.3 is 0 Å². The summed E-state index contributed by atoms with van der Waals surface area (Å²) in [5.74, 6) is -1.80. The molecule has 0 bridgehead atoms. The smallest absolute Gasteiger partial charge is 0.295 e. The lowest BCUT2D eigenvalue weighted by Gasteiger charge is -2.31. The van der Waals surface area contributed by atoms with Gasteiger partial charge in [-0.1, -0.05) is 42.1 Å². The number of ether oxygens (including phenoxy) is 3. The Labute approximate surface area is 212 Å². The molecule has 1 amide bonds. The van der Waals surface area contributed by atoms with Crippen molar-refractivity contribution in [3.8, 4) is 23.0 Å². The van der Waals surface area contributed by atoms with Crippen LogP contribution in [0, 0.1) is 0 Å². The van der Waals surface area contributed by atoms with Gasteiger partial charge in [-0.15, -0.1) is 0 Å². The number of nitrogens with zero attached hydrogens (tertiary/aromatic N) is 1. The van der Waals surface area contributed by atoms with E-state index < -0.39 is 23.5 Å². The highest BCUT2D eigenvalue weighted by molar-refractivity contribution is 6.47. The lowest BCUT2D eigenvalue weighted by molar-refractivity contribution is -0.141. The summed E-state index contributed by atoms with van der Waals surface area (Å²) in [6, 6.07) is 4.86. The number of phenols is 1. The molecule has 2 aromatic carbocycles. The summed E-state index contributed by atoms with van der Waals surface area (Å²) < 4.78 is 15.8. The van der Waals surface area contributed by atoms with Gasteiger partial charge in [0, 0.05) is 6.04 Å². The number of halogens is 2. The molecule has 2 fully saturated rings. The van der Waals surface area contributed by atoms with Crippen LogP contribution in [-0.4, -0.2) is 54.2 Å². The number of Topliss-reactive ketones (excluding diaryl/α,β-unsaturated/α-hetero) is 1. The molecular weight excluding hydrogens is 497 g/mol. The SMILES string of the molecule is COc1ccc(C2/C(=C(\O)c3cc(Cl)c(OC)c(Cl)c3OC)C(=O)C(=O)N2C2CCCC2)cc1O. The third-order valence-corrected chi connectivity index (χ3v) is 7.14. The van der Waals surface area contributed by atoms with Gasteiger partial charge in [0.05, 0.1) is 43.5 Å². The Kier molecular flexibility index (Phi) is 7.05. The average Bonchev–Trinajstić information content (AvgIpc) is 3.45. The molecule has 4 rings (SSSR count). The zero-order valence-corrected chi connectivity index (χ0v) is 20.9. The van der Waals surface area contributed by atoms with Crippen molar-refractivity contribution < 1.29 is 34.0 Å². The van der Waals surface area contributed by atoms with Crippen LogP contribution in [0.1, 0.15) is 42.9 Å². The van der Waals surface area contributed by atoms with E-state index in [1.165, 1.54) is 38.4 Å². The fourth-order valence-corrected chi connectivity index (χ4v) is 5.59. The molecule has 1 heterocycles. The highest BCUT2D eigenvalue weighted by Crippen LogP contribution is 2.49. The van der Waals surface area contributed by atoms with Crippen LogP contribution in [0.15, 0.2) is 29.8 Å². The zero-order valence-electron chi connectivity index (χ0n) is 19.4. The molecule has 186 valence electrons. The molecule has 1 atom stereocenters. The second-order valence-corrected chi connectivity index (χ2v) is 9.15. The Bertz CT molecular complexity index is 1220. The predicted molar refractivity (Wildman–Crippen MR) is 131 cm³/mol. The van der Waals surface area contributed by atoms with Crippen LogP contribution in [0.25, 0.3) is 5.76 Å². The molecule has 8 nitrogen and oxygen atoms in total. The summed E-state index contributed by atoms with van der Waals surface area (Å²) in [7, 11) is 4.15. The van der Waals surface area contributed by atoms with E-state index in [1.807, 2.05) is 0 Å². The lowest BCUT2D eigenvalue weighted by atomic mass is 9.94. The molecule has 2 N–H and O–H groups in total. The molecule has 1 saturated heterocycles. The van der Waals surface area contributed by atoms with Gasteiger partial charge in [-0.25, -0.2) is 0 Å². The maximum atomic E-state index is 13.3. The van der Waals surface area contributed by atoms with Crippen molar-refractivity contribution >= 4 is 40.7 Å². The summed E-state index contributed by atoms with van der Waals surface area (Å²) in [4.78, 5) is 28.1. The van der Waals surface area contributed by atoms with Gasteiger partial charge in [0.1, 0.15) is 10.8 Å². The van der Waals surface area contributed by atoms with Crippen molar-refractivity contribution in [3.63, 3.8) is 0 Å². The molecule has 1 unspecified atom stereocenters. The van der Waals surface area contributed by atoms with Gasteiger partial charge < -0.3 is 29.3 Å². The van der Waals surface area contributed by atoms with Crippen LogP contribution >= 0.6 is 23.2 Å². The highest BCUT2D eigenvalue weighted by atomic mass is 35.5. The van der Waals surface area contributed by atoms with Gasteiger partial charge in [0.25, 0.3) is 11.7 Å². The minimum Gasteiger partial charge on any atom is -0.507 e. The number of carbonyl (C=O) groups is 2. The minimum atomic E-state index is -0.945. The molecule has 1 saturated carbocycles. The van der Waals surface area contributed by atoms with Gasteiger partial charge in [-0.2, -0.15) is 0 Å². The number of aliphatic hydroxyl groups is 1. The number of benzene rings is 2. The Morgan fingerprint density at radius 1 is 1.00 bits per heavy atom. The predicted octanol–water partition coefficient (Wildman–Crippen LogP) is 5.09. The molecule has 1 aliphatic heterocycles. The van der Waals surface area contributed by atoms with Crippen molar-refractivity contribution in [2.24, 2.45) is 0 Å². The number of ketones is 1. The number of likely N-dealkylation sites (tertiary alicyclic amines) is 1. The van der Waals surface area contributed by atoms with Crippen LogP contribution in [0.5, 0.6) is 23.0 Å². The van der Waals surface area contributed by atoms with Crippen LogP contribution in [0.3, 0.4) is 0 Å². The van der Waals surface area contributed by atoms with Crippen molar-refractivity contribution in [2.75, 3.05) is 21.3 Å². The van der Waals surface area contributed by atoms with Crippen LogP contribution in [0.4, 0.5) is 0 Å². The number of hydrogen-bond donors (Lipinski definition) is 2. The number of aromatic hydroxyl groups is 1. The Morgan fingerprint density at radius 2 is 1.66 bits per heavy atom. The molecule has 2 aliphatic rings. The van der Waals surface area contributed by atoms with Crippen LogP contribution in [-0.2, 0) is 9.59 Å². The van der Waals surface area contributed by atoms with E-state index in [-0.39, 0.29) is 50.2 Å². The number of hydrogen-bond acceptors (Lipinski definition) is 7. The summed E-state index contributed by atoms with van der Waals surface area (Å²) in [6.45, 7) is 0. The van der Waals surface area contributed by atoms with E-state index in [0.29, 0.717) is 5.56 Å². The van der Waals surface area contributed by atoms with Crippen molar-refractivity contribution in [2.45, 2.75) is 37.8 Å². The molecule has 35 heavy (non-hydrogen) atoms. The molecule has 0 radical (unpaired) electrons. The summed E-state index contributed by atoms with van der Waals surface area (Å²) >= 11 is 12.7. The van der Waals surface area contributed by atoms with E-state index in [9.17, 15) is 19.8 Å². The number of methoxy groups -OCH3 is 3. The first-order valence-corrected chi connectivity index (χ1v) is 11.8. The number of rotatable bonds is 6. The molecule has 2 aromatic rings. The molecule has 0 aromatic heterocycles. The van der Waals surface area contributed by atoms with E-state index >= 15 is 0 Å². The lowest BCUT2D eigenvalue weighted by Crippen LogP contribution is -2.37. The highest BCUT2D eigenvalue weighted by Gasteiger charge is 2.49.